The zero-order valence-corrected chi connectivity index (χ0v) is 16.8. The summed E-state index contributed by atoms with van der Waals surface area (Å²) in [6, 6.07) is 4.94. The highest BCUT2D eigenvalue weighted by Gasteiger charge is 2.38. The van der Waals surface area contributed by atoms with Crippen molar-refractivity contribution >= 4 is 35.0 Å². The Balaban J connectivity index is 1.71. The van der Waals surface area contributed by atoms with Crippen molar-refractivity contribution in [3.05, 3.63) is 33.8 Å². The normalized spacial score (nSPS) is 21.5. The molecule has 2 fully saturated rings. The minimum Gasteiger partial charge on any atom is -0.338 e. The summed E-state index contributed by atoms with van der Waals surface area (Å²) in [4.78, 5) is 31.9. The summed E-state index contributed by atoms with van der Waals surface area (Å²) >= 11 is 12.2. The van der Waals surface area contributed by atoms with Gasteiger partial charge in [0.05, 0.1) is 10.6 Å². The van der Waals surface area contributed by atoms with Crippen LogP contribution >= 0.6 is 23.2 Å². The van der Waals surface area contributed by atoms with Crippen LogP contribution in [0.2, 0.25) is 10.0 Å². The van der Waals surface area contributed by atoms with E-state index in [1.807, 2.05) is 4.90 Å². The molecule has 0 saturated carbocycles. The Hall–Kier alpha value is -1.30. The molecular formula is C19H25Cl2N3O2. The van der Waals surface area contributed by atoms with Gasteiger partial charge in [-0.05, 0) is 44.9 Å². The molecule has 0 unspecified atom stereocenters. The highest BCUT2D eigenvalue weighted by atomic mass is 35.5. The number of carbonyl (C=O) groups excluding carboxylic acids is 2. The number of rotatable bonds is 3. The van der Waals surface area contributed by atoms with Gasteiger partial charge in [-0.15, -0.1) is 0 Å². The lowest BCUT2D eigenvalue weighted by Crippen LogP contribution is -2.55. The fourth-order valence-corrected chi connectivity index (χ4v) is 4.12. The lowest BCUT2D eigenvalue weighted by molar-refractivity contribution is -0.137. The van der Waals surface area contributed by atoms with Crippen LogP contribution in [-0.2, 0) is 4.79 Å². The molecule has 0 aromatic heterocycles. The van der Waals surface area contributed by atoms with Crippen molar-refractivity contribution in [2.24, 2.45) is 0 Å². The fourth-order valence-electron chi connectivity index (χ4n) is 3.75. The van der Waals surface area contributed by atoms with E-state index in [-0.39, 0.29) is 11.8 Å². The molecule has 3 rings (SSSR count). The number of halogens is 2. The number of nitrogens with zero attached hydrogens (tertiary/aromatic N) is 3. The van der Waals surface area contributed by atoms with E-state index in [1.165, 1.54) is 0 Å². The van der Waals surface area contributed by atoms with Crippen molar-refractivity contribution < 1.29 is 9.59 Å². The Morgan fingerprint density at radius 3 is 2.42 bits per heavy atom. The highest BCUT2D eigenvalue weighted by Crippen LogP contribution is 2.27. The van der Waals surface area contributed by atoms with Gasteiger partial charge in [0.25, 0.3) is 5.91 Å². The zero-order valence-electron chi connectivity index (χ0n) is 15.3. The Morgan fingerprint density at radius 2 is 1.77 bits per heavy atom. The fraction of sp³-hybridized carbons (Fsp3) is 0.579. The molecule has 0 spiro atoms. The SMILES string of the molecule is CC(C)N1CCN(C(=O)[C@@H]2CCCN2C(=O)c2cc(Cl)ccc2Cl)CC1. The van der Waals surface area contributed by atoms with Gasteiger partial charge in [0.15, 0.2) is 0 Å². The third-order valence-corrected chi connectivity index (χ3v) is 5.88. The first kappa shape index (κ1) is 19.5. The van der Waals surface area contributed by atoms with E-state index in [4.69, 9.17) is 23.2 Å². The molecule has 2 amide bonds. The number of likely N-dealkylation sites (tertiary alicyclic amines) is 1. The Morgan fingerprint density at radius 1 is 1.08 bits per heavy atom. The van der Waals surface area contributed by atoms with Gasteiger partial charge in [-0.2, -0.15) is 0 Å². The summed E-state index contributed by atoms with van der Waals surface area (Å²) < 4.78 is 0. The maximum absolute atomic E-state index is 13.0. The molecule has 2 saturated heterocycles. The van der Waals surface area contributed by atoms with Crippen LogP contribution < -0.4 is 0 Å². The van der Waals surface area contributed by atoms with Crippen LogP contribution in [0.15, 0.2) is 18.2 Å². The van der Waals surface area contributed by atoms with Gasteiger partial charge in [0.1, 0.15) is 6.04 Å². The summed E-state index contributed by atoms with van der Waals surface area (Å²) in [5, 5.41) is 0.827. The van der Waals surface area contributed by atoms with Crippen LogP contribution in [0, 0.1) is 0 Å². The van der Waals surface area contributed by atoms with Gasteiger partial charge in [0, 0.05) is 43.8 Å². The van der Waals surface area contributed by atoms with Crippen LogP contribution in [-0.4, -0.2) is 71.3 Å². The largest absolute Gasteiger partial charge is 0.338 e. The lowest BCUT2D eigenvalue weighted by atomic mass is 10.1. The molecule has 0 bridgehead atoms. The smallest absolute Gasteiger partial charge is 0.256 e. The lowest BCUT2D eigenvalue weighted by Gasteiger charge is -2.39. The first-order valence-corrected chi connectivity index (χ1v) is 9.93. The second-order valence-corrected chi connectivity index (χ2v) is 8.08. The minimum atomic E-state index is -0.400. The van der Waals surface area contributed by atoms with Gasteiger partial charge in [0.2, 0.25) is 5.91 Å². The minimum absolute atomic E-state index is 0.0532. The number of piperazine rings is 1. The van der Waals surface area contributed by atoms with Gasteiger partial charge in [-0.1, -0.05) is 23.2 Å². The van der Waals surface area contributed by atoms with Crippen LogP contribution in [0.4, 0.5) is 0 Å². The van der Waals surface area contributed by atoms with Crippen molar-refractivity contribution in [2.45, 2.75) is 38.8 Å². The molecule has 2 aliphatic heterocycles. The molecule has 0 radical (unpaired) electrons. The Labute approximate surface area is 164 Å². The first-order chi connectivity index (χ1) is 12.4. The van der Waals surface area contributed by atoms with E-state index >= 15 is 0 Å². The van der Waals surface area contributed by atoms with Crippen molar-refractivity contribution in [1.29, 1.82) is 0 Å². The van der Waals surface area contributed by atoms with Gasteiger partial charge >= 0.3 is 0 Å². The monoisotopic (exact) mass is 397 g/mol. The predicted molar refractivity (Wildman–Crippen MR) is 104 cm³/mol. The third-order valence-electron chi connectivity index (χ3n) is 5.31. The highest BCUT2D eigenvalue weighted by molar-refractivity contribution is 6.35. The maximum atomic E-state index is 13.0. The molecule has 1 aromatic rings. The number of hydrogen-bond acceptors (Lipinski definition) is 3. The Bertz CT molecular complexity index is 687. The van der Waals surface area contributed by atoms with Crippen molar-refractivity contribution in [3.63, 3.8) is 0 Å². The topological polar surface area (TPSA) is 43.9 Å². The quantitative estimate of drug-likeness (QED) is 0.786. The van der Waals surface area contributed by atoms with E-state index in [0.717, 1.165) is 19.5 Å². The molecule has 26 heavy (non-hydrogen) atoms. The van der Waals surface area contributed by atoms with E-state index < -0.39 is 6.04 Å². The number of hydrogen-bond donors (Lipinski definition) is 0. The van der Waals surface area contributed by atoms with E-state index in [2.05, 4.69) is 18.7 Å². The molecule has 2 aliphatic rings. The number of amides is 2. The molecular weight excluding hydrogens is 373 g/mol. The standard InChI is InChI=1S/C19H25Cl2N3O2/c1-13(2)22-8-10-23(11-9-22)19(26)17-4-3-7-24(17)18(25)15-12-14(20)5-6-16(15)21/h5-6,12-13,17H,3-4,7-11H2,1-2H3/t17-/m0/s1. The molecule has 1 aromatic carbocycles. The average molecular weight is 398 g/mol. The predicted octanol–water partition coefficient (Wildman–Crippen LogP) is 3.15. The van der Waals surface area contributed by atoms with Crippen molar-refractivity contribution in [2.75, 3.05) is 32.7 Å². The summed E-state index contributed by atoms with van der Waals surface area (Å²) in [6.45, 7) is 8.10. The van der Waals surface area contributed by atoms with Gasteiger partial charge in [-0.25, -0.2) is 0 Å². The summed E-state index contributed by atoms with van der Waals surface area (Å²) in [5.74, 6) is -0.161. The zero-order chi connectivity index (χ0) is 18.8. The molecule has 7 heteroatoms. The second-order valence-electron chi connectivity index (χ2n) is 7.24. The summed E-state index contributed by atoms with van der Waals surface area (Å²) in [7, 11) is 0. The van der Waals surface area contributed by atoms with Gasteiger partial charge < -0.3 is 9.80 Å². The second kappa shape index (κ2) is 8.15. The summed E-state index contributed by atoms with van der Waals surface area (Å²) in [5.41, 5.74) is 0.364. The van der Waals surface area contributed by atoms with Crippen LogP contribution in [0.3, 0.4) is 0 Å². The van der Waals surface area contributed by atoms with Crippen molar-refractivity contribution in [3.8, 4) is 0 Å². The van der Waals surface area contributed by atoms with E-state index in [9.17, 15) is 9.59 Å². The first-order valence-electron chi connectivity index (χ1n) is 9.17. The van der Waals surface area contributed by atoms with Crippen LogP contribution in [0.25, 0.3) is 0 Å². The van der Waals surface area contributed by atoms with E-state index in [0.29, 0.717) is 47.7 Å². The van der Waals surface area contributed by atoms with E-state index in [1.54, 1.807) is 23.1 Å². The average Bonchev–Trinajstić information content (AvgIpc) is 3.12. The molecule has 2 heterocycles. The molecule has 142 valence electrons. The molecule has 0 N–H and O–H groups in total. The Kier molecular flexibility index (Phi) is 6.10. The molecule has 5 nitrogen and oxygen atoms in total. The molecule has 0 aliphatic carbocycles. The van der Waals surface area contributed by atoms with Crippen molar-refractivity contribution in [1.82, 2.24) is 14.7 Å². The third kappa shape index (κ3) is 4.00. The molecule has 1 atom stereocenters. The van der Waals surface area contributed by atoms with Gasteiger partial charge in [-0.3, -0.25) is 14.5 Å². The maximum Gasteiger partial charge on any atom is 0.256 e. The summed E-state index contributed by atoms with van der Waals surface area (Å²) in [6.07, 6.45) is 1.53. The van der Waals surface area contributed by atoms with Crippen LogP contribution in [0.5, 0.6) is 0 Å². The number of benzene rings is 1. The van der Waals surface area contributed by atoms with Crippen LogP contribution in [0.1, 0.15) is 37.0 Å². The number of carbonyl (C=O) groups is 2.